The lowest BCUT2D eigenvalue weighted by Crippen LogP contribution is -2.41. The minimum absolute atomic E-state index is 0.235. The summed E-state index contributed by atoms with van der Waals surface area (Å²) in [5, 5.41) is 10.5. The van der Waals surface area contributed by atoms with Crippen LogP contribution in [0.25, 0.3) is 10.9 Å². The smallest absolute Gasteiger partial charge is 0.303 e. The Kier molecular flexibility index (Phi) is 8.97. The quantitative estimate of drug-likeness (QED) is 0.393. The number of aryl methyl sites for hydroxylation is 2. The molecule has 1 N–H and O–H groups in total. The molecule has 5 heteroatoms. The van der Waals surface area contributed by atoms with E-state index in [2.05, 4.69) is 52.9 Å². The first-order chi connectivity index (χ1) is 17.5. The number of carbonyl (C=O) groups is 1. The molecule has 0 bridgehead atoms. The van der Waals surface area contributed by atoms with Gasteiger partial charge in [-0.15, -0.1) is 0 Å². The molecule has 0 aliphatic carbocycles. The number of pyridine rings is 1. The number of carboxylic acid groups (broad SMARTS) is 1. The van der Waals surface area contributed by atoms with Gasteiger partial charge in [-0.3, -0.25) is 14.7 Å². The number of methoxy groups -OCH3 is 1. The largest absolute Gasteiger partial charge is 0.497 e. The Labute approximate surface area is 214 Å². The molecule has 0 unspecified atom stereocenters. The lowest BCUT2D eigenvalue weighted by molar-refractivity contribution is -0.137. The maximum atomic E-state index is 11.3. The molecule has 0 saturated carbocycles. The predicted molar refractivity (Wildman–Crippen MR) is 144 cm³/mol. The Morgan fingerprint density at radius 1 is 1.17 bits per heavy atom. The number of rotatable bonds is 9. The van der Waals surface area contributed by atoms with Crippen LogP contribution in [0.5, 0.6) is 5.75 Å². The van der Waals surface area contributed by atoms with E-state index in [0.29, 0.717) is 11.8 Å². The van der Waals surface area contributed by atoms with Crippen LogP contribution >= 0.6 is 0 Å². The molecular formula is C31H36N2O3. The van der Waals surface area contributed by atoms with Gasteiger partial charge in [0, 0.05) is 30.1 Å². The summed E-state index contributed by atoms with van der Waals surface area (Å²) < 4.78 is 5.42. The Morgan fingerprint density at radius 2 is 2.03 bits per heavy atom. The fraction of sp³-hybridized carbons (Fsp3) is 0.419. The zero-order valence-corrected chi connectivity index (χ0v) is 21.4. The van der Waals surface area contributed by atoms with Crippen molar-refractivity contribution in [1.82, 2.24) is 9.88 Å². The number of aromatic nitrogens is 1. The summed E-state index contributed by atoms with van der Waals surface area (Å²) in [6.45, 7) is 4.76. The third-order valence-corrected chi connectivity index (χ3v) is 7.44. The minimum atomic E-state index is -0.706. The van der Waals surface area contributed by atoms with Gasteiger partial charge in [0.2, 0.25) is 0 Å². The highest BCUT2D eigenvalue weighted by atomic mass is 16.5. The van der Waals surface area contributed by atoms with Gasteiger partial charge in [0.05, 0.1) is 19.2 Å². The first-order valence-corrected chi connectivity index (χ1v) is 12.9. The van der Waals surface area contributed by atoms with Crippen molar-refractivity contribution in [2.75, 3.05) is 26.7 Å². The molecule has 188 valence electrons. The highest BCUT2D eigenvalue weighted by molar-refractivity contribution is 5.83. The van der Waals surface area contributed by atoms with Crippen LogP contribution in [0.3, 0.4) is 0 Å². The molecule has 0 spiro atoms. The molecule has 5 nitrogen and oxygen atoms in total. The number of likely N-dealkylation sites (tertiary alicyclic amines) is 1. The van der Waals surface area contributed by atoms with E-state index >= 15 is 0 Å². The van der Waals surface area contributed by atoms with Crippen molar-refractivity contribution in [2.24, 2.45) is 11.8 Å². The van der Waals surface area contributed by atoms with Crippen LogP contribution in [0.1, 0.15) is 48.8 Å². The number of fused-ring (bicyclic) bond motifs is 1. The molecule has 4 rings (SSSR count). The van der Waals surface area contributed by atoms with Crippen LogP contribution in [-0.2, 0) is 11.2 Å². The second kappa shape index (κ2) is 12.6. The van der Waals surface area contributed by atoms with Crippen molar-refractivity contribution in [1.29, 1.82) is 0 Å². The maximum absolute atomic E-state index is 11.3. The second-order valence-electron chi connectivity index (χ2n) is 9.84. The summed E-state index contributed by atoms with van der Waals surface area (Å²) in [5.74, 6) is 7.74. The van der Waals surface area contributed by atoms with Crippen molar-refractivity contribution in [2.45, 2.75) is 45.4 Å². The van der Waals surface area contributed by atoms with E-state index in [9.17, 15) is 9.90 Å². The van der Waals surface area contributed by atoms with Crippen molar-refractivity contribution >= 4 is 16.9 Å². The number of benzene rings is 2. The molecule has 1 aliphatic rings. The van der Waals surface area contributed by atoms with E-state index in [1.165, 1.54) is 11.1 Å². The molecule has 0 amide bonds. The molecule has 1 aromatic heterocycles. The average molecular weight is 485 g/mol. The first kappa shape index (κ1) is 25.7. The Hall–Kier alpha value is -3.36. The van der Waals surface area contributed by atoms with E-state index in [1.54, 1.807) is 7.11 Å². The van der Waals surface area contributed by atoms with Gasteiger partial charge in [-0.1, -0.05) is 30.0 Å². The standard InChI is InChI=1S/C31H36N2O3/c1-23-7-3-4-8-24(23)11-6-19-33-20-17-25(27(22-33)12-15-31(34)35)9-5-10-26-16-18-32-30-14-13-28(36-2)21-29(26)30/h3-4,7-8,13-14,16,18,21,25,27H,5,9-10,12,15,17,19-20,22H2,1-2H3,(H,34,35)/t25-,27+/m1/s1. The number of nitrogens with zero attached hydrogens (tertiary/aromatic N) is 2. The number of aliphatic carboxylic acids is 1. The summed E-state index contributed by atoms with van der Waals surface area (Å²) in [7, 11) is 1.69. The van der Waals surface area contributed by atoms with Crippen LogP contribution in [0.4, 0.5) is 0 Å². The van der Waals surface area contributed by atoms with Crippen LogP contribution in [0.15, 0.2) is 54.7 Å². The predicted octanol–water partition coefficient (Wildman–Crippen LogP) is 5.73. The van der Waals surface area contributed by atoms with E-state index in [4.69, 9.17) is 4.74 Å². The molecule has 1 aliphatic heterocycles. The summed E-state index contributed by atoms with van der Waals surface area (Å²) >= 11 is 0. The topological polar surface area (TPSA) is 62.7 Å². The zero-order valence-electron chi connectivity index (χ0n) is 21.4. The SMILES string of the molecule is COc1ccc2nccc(CCC[C@@H]3CCN(CC#Cc4ccccc4C)C[C@@H]3CCC(=O)O)c2c1. The fourth-order valence-electron chi connectivity index (χ4n) is 5.36. The summed E-state index contributed by atoms with van der Waals surface area (Å²) in [6, 6.07) is 16.4. The van der Waals surface area contributed by atoms with Crippen molar-refractivity contribution in [3.05, 3.63) is 71.4 Å². The Bertz CT molecular complexity index is 1240. The minimum Gasteiger partial charge on any atom is -0.497 e. The Morgan fingerprint density at radius 3 is 2.83 bits per heavy atom. The maximum Gasteiger partial charge on any atom is 0.303 e. The molecule has 3 aromatic rings. The molecule has 36 heavy (non-hydrogen) atoms. The third-order valence-electron chi connectivity index (χ3n) is 7.44. The molecule has 2 atom stereocenters. The molecule has 2 aromatic carbocycles. The van der Waals surface area contributed by atoms with Gasteiger partial charge in [-0.25, -0.2) is 0 Å². The van der Waals surface area contributed by atoms with Gasteiger partial charge in [-0.2, -0.15) is 0 Å². The number of hydrogen-bond donors (Lipinski definition) is 1. The van der Waals surface area contributed by atoms with Crippen LogP contribution in [0, 0.1) is 30.6 Å². The lowest BCUT2D eigenvalue weighted by atomic mass is 9.79. The fourth-order valence-corrected chi connectivity index (χ4v) is 5.36. The zero-order chi connectivity index (χ0) is 25.3. The lowest BCUT2D eigenvalue weighted by Gasteiger charge is -2.38. The normalized spacial score (nSPS) is 17.9. The number of hydrogen-bond acceptors (Lipinski definition) is 4. The van der Waals surface area contributed by atoms with Crippen LogP contribution < -0.4 is 4.74 Å². The Balaban J connectivity index is 1.36. The summed E-state index contributed by atoms with van der Waals surface area (Å²) in [6.07, 6.45) is 7.13. The van der Waals surface area contributed by atoms with Crippen molar-refractivity contribution in [3.8, 4) is 17.6 Å². The number of piperidine rings is 1. The molecule has 1 fully saturated rings. The summed E-state index contributed by atoms with van der Waals surface area (Å²) in [5.41, 5.74) is 4.57. The van der Waals surface area contributed by atoms with Gasteiger partial charge in [-0.05, 0) is 98.9 Å². The number of carboxylic acids is 1. The first-order valence-electron chi connectivity index (χ1n) is 12.9. The molecule has 2 heterocycles. The van der Waals surface area contributed by atoms with Crippen LogP contribution in [-0.4, -0.2) is 47.7 Å². The summed E-state index contributed by atoms with van der Waals surface area (Å²) in [4.78, 5) is 18.2. The van der Waals surface area contributed by atoms with Gasteiger partial charge >= 0.3 is 5.97 Å². The molecule has 0 radical (unpaired) electrons. The van der Waals surface area contributed by atoms with Crippen LogP contribution in [0.2, 0.25) is 0 Å². The van der Waals surface area contributed by atoms with Gasteiger partial charge in [0.15, 0.2) is 0 Å². The van der Waals surface area contributed by atoms with Crippen molar-refractivity contribution in [3.63, 3.8) is 0 Å². The van der Waals surface area contributed by atoms with E-state index in [1.807, 2.05) is 30.5 Å². The number of ether oxygens (including phenoxy) is 1. The monoisotopic (exact) mass is 484 g/mol. The van der Waals surface area contributed by atoms with Gasteiger partial charge < -0.3 is 9.84 Å². The second-order valence-corrected chi connectivity index (χ2v) is 9.84. The third kappa shape index (κ3) is 6.86. The van der Waals surface area contributed by atoms with Gasteiger partial charge in [0.25, 0.3) is 0 Å². The van der Waals surface area contributed by atoms with Gasteiger partial charge in [0.1, 0.15) is 5.75 Å². The van der Waals surface area contributed by atoms with E-state index in [0.717, 1.165) is 74.0 Å². The van der Waals surface area contributed by atoms with Crippen molar-refractivity contribution < 1.29 is 14.6 Å². The molecule has 1 saturated heterocycles. The average Bonchev–Trinajstić information content (AvgIpc) is 2.89. The van der Waals surface area contributed by atoms with E-state index < -0.39 is 5.97 Å². The van der Waals surface area contributed by atoms with E-state index in [-0.39, 0.29) is 6.42 Å². The highest BCUT2D eigenvalue weighted by Crippen LogP contribution is 2.32. The molecular weight excluding hydrogens is 448 g/mol. The highest BCUT2D eigenvalue weighted by Gasteiger charge is 2.29.